The van der Waals surface area contributed by atoms with E-state index in [4.69, 9.17) is 5.73 Å². The maximum Gasteiger partial charge on any atom is 0.237 e. The van der Waals surface area contributed by atoms with Gasteiger partial charge >= 0.3 is 0 Å². The third kappa shape index (κ3) is 6.78. The molecule has 2 atom stereocenters. The smallest absolute Gasteiger partial charge is 0.237 e. The summed E-state index contributed by atoms with van der Waals surface area (Å²) in [7, 11) is 0. The summed E-state index contributed by atoms with van der Waals surface area (Å²) in [4.78, 5) is 14.7. The minimum Gasteiger partial charge on any atom is -0.352 e. The summed E-state index contributed by atoms with van der Waals surface area (Å²) < 4.78 is 0. The Kier molecular flexibility index (Phi) is 10.0. The van der Waals surface area contributed by atoms with E-state index in [0.29, 0.717) is 6.04 Å². The lowest BCUT2D eigenvalue weighted by Crippen LogP contribution is -2.53. The molecule has 0 radical (unpaired) electrons. The van der Waals surface area contributed by atoms with E-state index in [-0.39, 0.29) is 42.2 Å². The first kappa shape index (κ1) is 24.2. The Hall–Kier alpha value is -0.810. The molecule has 0 spiro atoms. The lowest BCUT2D eigenvalue weighted by atomic mass is 9.86. The molecule has 0 aromatic heterocycles. The molecule has 25 heavy (non-hydrogen) atoms. The van der Waals surface area contributed by atoms with Crippen LogP contribution in [-0.2, 0) is 4.79 Å². The molecule has 0 aliphatic carbocycles. The van der Waals surface area contributed by atoms with Crippen molar-refractivity contribution in [3.63, 3.8) is 0 Å². The third-order valence-electron chi connectivity index (χ3n) is 4.92. The van der Waals surface area contributed by atoms with Crippen LogP contribution in [0.3, 0.4) is 0 Å². The second kappa shape index (κ2) is 10.4. The monoisotopic (exact) mass is 389 g/mol. The van der Waals surface area contributed by atoms with Gasteiger partial charge in [-0.1, -0.05) is 51.1 Å². The molecule has 1 amide bonds. The van der Waals surface area contributed by atoms with Crippen molar-refractivity contribution in [1.29, 1.82) is 0 Å². The van der Waals surface area contributed by atoms with Gasteiger partial charge in [0.1, 0.15) is 0 Å². The Morgan fingerprint density at radius 2 is 1.68 bits per heavy atom. The molecule has 2 rings (SSSR count). The van der Waals surface area contributed by atoms with Gasteiger partial charge in [0.05, 0.1) is 6.04 Å². The molecule has 1 unspecified atom stereocenters. The van der Waals surface area contributed by atoms with E-state index < -0.39 is 6.04 Å². The van der Waals surface area contributed by atoms with Crippen LogP contribution in [0.25, 0.3) is 0 Å². The number of rotatable bonds is 4. The van der Waals surface area contributed by atoms with E-state index in [1.165, 1.54) is 5.56 Å². The zero-order valence-corrected chi connectivity index (χ0v) is 17.3. The number of halogens is 2. The number of piperidine rings is 1. The first-order valence-corrected chi connectivity index (χ1v) is 8.64. The quantitative estimate of drug-likeness (QED) is 0.827. The summed E-state index contributed by atoms with van der Waals surface area (Å²) >= 11 is 0. The molecule has 1 fully saturated rings. The Balaban J connectivity index is 0.00000288. The topological polar surface area (TPSA) is 58.4 Å². The first-order chi connectivity index (χ1) is 10.8. The fourth-order valence-corrected chi connectivity index (χ4v) is 3.06. The van der Waals surface area contributed by atoms with Gasteiger partial charge in [-0.3, -0.25) is 9.69 Å². The summed E-state index contributed by atoms with van der Waals surface area (Å²) in [6.45, 7) is 10.3. The molecule has 6 heteroatoms. The molecule has 4 nitrogen and oxygen atoms in total. The van der Waals surface area contributed by atoms with Gasteiger partial charge < -0.3 is 11.1 Å². The summed E-state index contributed by atoms with van der Waals surface area (Å²) in [5.41, 5.74) is 7.19. The average molecular weight is 390 g/mol. The summed E-state index contributed by atoms with van der Waals surface area (Å²) in [6.07, 6.45) is 1.97. The molecule has 144 valence electrons. The van der Waals surface area contributed by atoms with E-state index in [2.05, 4.69) is 47.5 Å². The van der Waals surface area contributed by atoms with Crippen LogP contribution in [0, 0.1) is 5.41 Å². The maximum absolute atomic E-state index is 12.2. The highest BCUT2D eigenvalue weighted by molar-refractivity contribution is 5.85. The minimum absolute atomic E-state index is 0. The second-order valence-corrected chi connectivity index (χ2v) is 7.75. The van der Waals surface area contributed by atoms with E-state index in [1.54, 1.807) is 0 Å². The minimum atomic E-state index is -0.455. The second-order valence-electron chi connectivity index (χ2n) is 7.75. The van der Waals surface area contributed by atoms with Gasteiger partial charge in [-0.15, -0.1) is 24.8 Å². The molecule has 1 aliphatic rings. The van der Waals surface area contributed by atoms with Crippen molar-refractivity contribution < 1.29 is 4.79 Å². The number of carbonyl (C=O) groups is 1. The number of likely N-dealkylation sites (tertiary alicyclic amines) is 1. The predicted molar refractivity (Wildman–Crippen MR) is 110 cm³/mol. The van der Waals surface area contributed by atoms with Crippen molar-refractivity contribution in [2.45, 2.75) is 58.7 Å². The number of carbonyl (C=O) groups excluding carboxylic acids is 1. The van der Waals surface area contributed by atoms with E-state index >= 15 is 0 Å². The summed E-state index contributed by atoms with van der Waals surface area (Å²) in [6, 6.07) is 10.8. The van der Waals surface area contributed by atoms with E-state index in [1.807, 2.05) is 20.8 Å². The van der Waals surface area contributed by atoms with Crippen LogP contribution in [0.4, 0.5) is 0 Å². The largest absolute Gasteiger partial charge is 0.352 e. The lowest BCUT2D eigenvalue weighted by molar-refractivity contribution is -0.125. The standard InChI is InChI=1S/C19H31N3O.2ClH/c1-14(15-8-6-5-7-9-15)22-12-10-16(11-13-22)21-18(23)17(20)19(2,3)4;;/h5-9,14,16-17H,10-13,20H2,1-4H3,(H,21,23);2*1H/t14?,17-;;/m1../s1. The SMILES string of the molecule is CC(c1ccccc1)N1CCC(NC(=O)[C@@H](N)C(C)(C)C)CC1.Cl.Cl. The Bertz CT molecular complexity index is 511. The number of benzene rings is 1. The maximum atomic E-state index is 12.2. The fourth-order valence-electron chi connectivity index (χ4n) is 3.06. The highest BCUT2D eigenvalue weighted by Gasteiger charge is 2.30. The summed E-state index contributed by atoms with van der Waals surface area (Å²) in [5, 5.41) is 3.13. The molecule has 1 aromatic carbocycles. The molecule has 0 bridgehead atoms. The zero-order chi connectivity index (χ0) is 17.0. The normalized spacial score (nSPS) is 18.4. The van der Waals surface area contributed by atoms with Crippen LogP contribution in [0.5, 0.6) is 0 Å². The van der Waals surface area contributed by atoms with Crippen LogP contribution >= 0.6 is 24.8 Å². The average Bonchev–Trinajstić information content (AvgIpc) is 2.54. The Labute approximate surface area is 164 Å². The molecule has 0 saturated carbocycles. The van der Waals surface area contributed by atoms with Gasteiger partial charge in [0.2, 0.25) is 5.91 Å². The van der Waals surface area contributed by atoms with Gasteiger partial charge in [-0.2, -0.15) is 0 Å². The zero-order valence-electron chi connectivity index (χ0n) is 15.7. The summed E-state index contributed by atoms with van der Waals surface area (Å²) in [5.74, 6) is -0.0212. The number of nitrogens with two attached hydrogens (primary N) is 1. The molecular weight excluding hydrogens is 357 g/mol. The van der Waals surface area contributed by atoms with E-state index in [9.17, 15) is 4.79 Å². The number of nitrogens with zero attached hydrogens (tertiary/aromatic N) is 1. The van der Waals surface area contributed by atoms with Crippen molar-refractivity contribution >= 4 is 30.7 Å². The number of nitrogens with one attached hydrogen (secondary N) is 1. The van der Waals surface area contributed by atoms with Crippen LogP contribution in [-0.4, -0.2) is 36.0 Å². The molecule has 1 heterocycles. The first-order valence-electron chi connectivity index (χ1n) is 8.64. The number of hydrogen-bond donors (Lipinski definition) is 2. The van der Waals surface area contributed by atoms with Crippen molar-refractivity contribution in [3.05, 3.63) is 35.9 Å². The molecule has 1 saturated heterocycles. The van der Waals surface area contributed by atoms with Gasteiger partial charge in [-0.25, -0.2) is 0 Å². The molecular formula is C19H33Cl2N3O. The molecule has 3 N–H and O–H groups in total. The highest BCUT2D eigenvalue weighted by atomic mass is 35.5. The van der Waals surface area contributed by atoms with Crippen LogP contribution in [0.1, 0.15) is 52.1 Å². The Morgan fingerprint density at radius 1 is 1.16 bits per heavy atom. The van der Waals surface area contributed by atoms with E-state index in [0.717, 1.165) is 25.9 Å². The van der Waals surface area contributed by atoms with Crippen molar-refractivity contribution in [2.24, 2.45) is 11.1 Å². The predicted octanol–water partition coefficient (Wildman–Crippen LogP) is 3.55. The molecule has 1 aliphatic heterocycles. The number of amides is 1. The van der Waals surface area contributed by atoms with Crippen LogP contribution in [0.15, 0.2) is 30.3 Å². The van der Waals surface area contributed by atoms with Crippen LogP contribution in [0.2, 0.25) is 0 Å². The van der Waals surface area contributed by atoms with Crippen LogP contribution < -0.4 is 11.1 Å². The van der Waals surface area contributed by atoms with Gasteiger partial charge in [0.25, 0.3) is 0 Å². The Morgan fingerprint density at radius 3 is 2.16 bits per heavy atom. The van der Waals surface area contributed by atoms with Gasteiger partial charge in [-0.05, 0) is 30.7 Å². The highest BCUT2D eigenvalue weighted by Crippen LogP contribution is 2.24. The van der Waals surface area contributed by atoms with Crippen molar-refractivity contribution in [1.82, 2.24) is 10.2 Å². The van der Waals surface area contributed by atoms with Crippen molar-refractivity contribution in [3.8, 4) is 0 Å². The van der Waals surface area contributed by atoms with Gasteiger partial charge in [0, 0.05) is 25.2 Å². The van der Waals surface area contributed by atoms with Crippen molar-refractivity contribution in [2.75, 3.05) is 13.1 Å². The lowest BCUT2D eigenvalue weighted by Gasteiger charge is -2.37. The fraction of sp³-hybridized carbons (Fsp3) is 0.632. The van der Waals surface area contributed by atoms with Gasteiger partial charge in [0.15, 0.2) is 0 Å². The third-order valence-corrected chi connectivity index (χ3v) is 4.92. The molecule has 1 aromatic rings. The number of hydrogen-bond acceptors (Lipinski definition) is 3.